The second-order valence-corrected chi connectivity index (χ2v) is 6.06. The predicted molar refractivity (Wildman–Crippen MR) is 96.8 cm³/mol. The van der Waals surface area contributed by atoms with Gasteiger partial charge in [0, 0.05) is 10.9 Å². The zero-order valence-corrected chi connectivity index (χ0v) is 15.8. The van der Waals surface area contributed by atoms with Crippen molar-refractivity contribution in [3.8, 4) is 11.3 Å². The highest BCUT2D eigenvalue weighted by Gasteiger charge is 2.19. The van der Waals surface area contributed by atoms with Crippen LogP contribution in [0.4, 0.5) is 10.8 Å². The Morgan fingerprint density at radius 3 is 2.64 bits per heavy atom. The molecular formula is C19H17BrN2O2S. The third-order valence-corrected chi connectivity index (χ3v) is 4.45. The van der Waals surface area contributed by atoms with Crippen molar-refractivity contribution in [1.29, 1.82) is 0 Å². The molecule has 4 nitrogen and oxygen atoms in total. The minimum atomic E-state index is -0.936. The molecular weight excluding hydrogens is 400 g/mol. The highest BCUT2D eigenvalue weighted by Crippen LogP contribution is 2.26. The number of anilines is 2. The van der Waals surface area contributed by atoms with Crippen molar-refractivity contribution in [2.45, 2.75) is 6.54 Å². The molecule has 25 heavy (non-hydrogen) atoms. The molecule has 6 heteroatoms. The molecule has 0 radical (unpaired) electrons. The summed E-state index contributed by atoms with van der Waals surface area (Å²) in [4.78, 5) is 11.1. The average Bonchev–Trinajstić information content (AvgIpc) is 2.99. The minimum Gasteiger partial charge on any atom is -1.00 e. The summed E-state index contributed by atoms with van der Waals surface area (Å²) in [5.74, 6) is -0.936. The summed E-state index contributed by atoms with van der Waals surface area (Å²) < 4.78 is 2.13. The van der Waals surface area contributed by atoms with Gasteiger partial charge in [-0.2, -0.15) is 0 Å². The van der Waals surface area contributed by atoms with E-state index in [1.807, 2.05) is 30.3 Å². The van der Waals surface area contributed by atoms with Crippen LogP contribution >= 0.6 is 11.3 Å². The minimum absolute atomic E-state index is 0. The monoisotopic (exact) mass is 416 g/mol. The third kappa shape index (κ3) is 4.35. The maximum Gasteiger partial charge on any atom is 0.339 e. The molecule has 2 aromatic carbocycles. The van der Waals surface area contributed by atoms with Gasteiger partial charge in [-0.1, -0.05) is 60.4 Å². The first-order chi connectivity index (χ1) is 11.7. The topological polar surface area (TPSA) is 53.2 Å². The second-order valence-electron chi connectivity index (χ2n) is 5.20. The van der Waals surface area contributed by atoms with E-state index in [0.29, 0.717) is 6.54 Å². The van der Waals surface area contributed by atoms with Gasteiger partial charge in [-0.15, -0.1) is 0 Å². The zero-order valence-electron chi connectivity index (χ0n) is 13.4. The number of aromatic carboxylic acids is 1. The van der Waals surface area contributed by atoms with Crippen molar-refractivity contribution >= 4 is 28.1 Å². The first-order valence-corrected chi connectivity index (χ1v) is 8.35. The summed E-state index contributed by atoms with van der Waals surface area (Å²) in [5.41, 5.74) is 3.23. The van der Waals surface area contributed by atoms with Crippen LogP contribution in [0.5, 0.6) is 0 Å². The highest BCUT2D eigenvalue weighted by molar-refractivity contribution is 7.13. The standard InChI is InChI=1S/C19H16N2O2S.BrH/c1-2-11-21-17(14-7-4-3-5-8-14)13-24-19(21)20-16-10-6-9-15(12-16)18(22)23;/h2-10,12-13H,1,11H2,(H,22,23);1H. The number of carboxylic acids is 1. The largest absolute Gasteiger partial charge is 1.00 e. The average molecular weight is 417 g/mol. The number of nitrogens with zero attached hydrogens (tertiary/aromatic N) is 1. The number of aromatic nitrogens is 1. The SMILES string of the molecule is C=CC[n+]1c(-c2ccccc2)csc1Nc1cccc(C(=O)O)c1.[Br-]. The van der Waals surface area contributed by atoms with Crippen LogP contribution in [0.1, 0.15) is 10.4 Å². The molecule has 3 aromatic rings. The smallest absolute Gasteiger partial charge is 0.339 e. The number of hydrogen-bond donors (Lipinski definition) is 2. The Morgan fingerprint density at radius 2 is 1.96 bits per heavy atom. The third-order valence-electron chi connectivity index (χ3n) is 3.56. The van der Waals surface area contributed by atoms with Gasteiger partial charge < -0.3 is 22.1 Å². The zero-order chi connectivity index (χ0) is 16.9. The molecule has 128 valence electrons. The van der Waals surface area contributed by atoms with Gasteiger partial charge in [0.2, 0.25) is 0 Å². The molecule has 0 fully saturated rings. The van der Waals surface area contributed by atoms with Crippen LogP contribution in [0.15, 0.2) is 72.6 Å². The predicted octanol–water partition coefficient (Wildman–Crippen LogP) is 1.33. The van der Waals surface area contributed by atoms with E-state index in [9.17, 15) is 4.79 Å². The Morgan fingerprint density at radius 1 is 1.20 bits per heavy atom. The lowest BCUT2D eigenvalue weighted by molar-refractivity contribution is -0.657. The molecule has 0 bridgehead atoms. The van der Waals surface area contributed by atoms with Crippen molar-refractivity contribution < 1.29 is 31.4 Å². The number of halogens is 1. The van der Waals surface area contributed by atoms with Crippen molar-refractivity contribution in [1.82, 2.24) is 0 Å². The molecule has 1 aromatic heterocycles. The van der Waals surface area contributed by atoms with Crippen molar-refractivity contribution in [2.24, 2.45) is 0 Å². The fourth-order valence-electron chi connectivity index (χ4n) is 2.44. The number of thiazole rings is 1. The first kappa shape index (κ1) is 18.9. The van der Waals surface area contributed by atoms with Crippen LogP contribution in [-0.2, 0) is 6.54 Å². The Labute approximate surface area is 160 Å². The molecule has 3 rings (SSSR count). The molecule has 0 unspecified atom stereocenters. The number of hydrogen-bond acceptors (Lipinski definition) is 3. The number of nitrogens with one attached hydrogen (secondary N) is 1. The van der Waals surface area contributed by atoms with Crippen molar-refractivity contribution in [3.05, 3.63) is 78.2 Å². The molecule has 1 heterocycles. The molecule has 0 spiro atoms. The lowest BCUT2D eigenvalue weighted by Gasteiger charge is -2.04. The molecule has 0 aliphatic carbocycles. The van der Waals surface area contributed by atoms with Gasteiger partial charge in [-0.25, -0.2) is 14.7 Å². The summed E-state index contributed by atoms with van der Waals surface area (Å²) in [6, 6.07) is 16.9. The maximum absolute atomic E-state index is 11.1. The Kier molecular flexibility index (Phi) is 6.50. The molecule has 0 aliphatic rings. The quantitative estimate of drug-likeness (QED) is 0.470. The highest BCUT2D eigenvalue weighted by atomic mass is 79.9. The van der Waals surface area contributed by atoms with Gasteiger partial charge in [0.25, 0.3) is 0 Å². The fourth-order valence-corrected chi connectivity index (χ4v) is 3.41. The lowest BCUT2D eigenvalue weighted by atomic mass is 10.2. The summed E-state index contributed by atoms with van der Waals surface area (Å²) in [5, 5.41) is 15.4. The molecule has 2 N–H and O–H groups in total. The van der Waals surface area contributed by atoms with Gasteiger partial charge in [0.05, 0.1) is 5.56 Å². The van der Waals surface area contributed by atoms with Crippen molar-refractivity contribution in [2.75, 3.05) is 5.32 Å². The van der Waals surface area contributed by atoms with Crippen LogP contribution in [0, 0.1) is 0 Å². The van der Waals surface area contributed by atoms with E-state index < -0.39 is 5.97 Å². The van der Waals surface area contributed by atoms with Crippen LogP contribution in [0.2, 0.25) is 0 Å². The van der Waals surface area contributed by atoms with Gasteiger partial charge in [-0.3, -0.25) is 0 Å². The van der Waals surface area contributed by atoms with Crippen molar-refractivity contribution in [3.63, 3.8) is 0 Å². The van der Waals surface area contributed by atoms with Gasteiger partial charge in [0.15, 0.2) is 0 Å². The van der Waals surface area contributed by atoms with Crippen LogP contribution in [0.25, 0.3) is 11.3 Å². The molecule has 0 saturated heterocycles. The summed E-state index contributed by atoms with van der Waals surface area (Å²) in [7, 11) is 0. The number of benzene rings is 2. The maximum atomic E-state index is 11.1. The van der Waals surface area contributed by atoms with E-state index in [1.165, 1.54) is 0 Å². The van der Waals surface area contributed by atoms with E-state index >= 15 is 0 Å². The number of carbonyl (C=O) groups is 1. The Bertz CT molecular complexity index is 878. The summed E-state index contributed by atoms with van der Waals surface area (Å²) >= 11 is 1.58. The fraction of sp³-hybridized carbons (Fsp3) is 0.0526. The molecule has 0 atom stereocenters. The van der Waals surface area contributed by atoms with E-state index in [4.69, 9.17) is 5.11 Å². The van der Waals surface area contributed by atoms with E-state index in [2.05, 4.69) is 34.0 Å². The molecule has 0 amide bonds. The van der Waals surface area contributed by atoms with Gasteiger partial charge in [0.1, 0.15) is 17.9 Å². The van der Waals surface area contributed by atoms with Crippen LogP contribution in [-0.4, -0.2) is 11.1 Å². The van der Waals surface area contributed by atoms with Crippen LogP contribution < -0.4 is 26.9 Å². The second kappa shape index (κ2) is 8.60. The number of allylic oxidation sites excluding steroid dienone is 1. The summed E-state index contributed by atoms with van der Waals surface area (Å²) in [6.07, 6.45) is 1.85. The summed E-state index contributed by atoms with van der Waals surface area (Å²) in [6.45, 7) is 4.50. The number of carboxylic acid groups (broad SMARTS) is 1. The van der Waals surface area contributed by atoms with E-state index in [1.54, 1.807) is 29.5 Å². The number of rotatable bonds is 6. The molecule has 0 aliphatic heterocycles. The lowest BCUT2D eigenvalue weighted by Crippen LogP contribution is -3.00. The Hall–Kier alpha value is -2.44. The van der Waals surface area contributed by atoms with Crippen LogP contribution in [0.3, 0.4) is 0 Å². The first-order valence-electron chi connectivity index (χ1n) is 7.47. The normalized spacial score (nSPS) is 9.92. The van der Waals surface area contributed by atoms with Gasteiger partial charge >= 0.3 is 11.1 Å². The van der Waals surface area contributed by atoms with E-state index in [0.717, 1.165) is 22.1 Å². The van der Waals surface area contributed by atoms with E-state index in [-0.39, 0.29) is 22.5 Å². The van der Waals surface area contributed by atoms with Gasteiger partial charge in [-0.05, 0) is 18.2 Å². The molecule has 0 saturated carbocycles. The Balaban J connectivity index is 0.00000225.